The van der Waals surface area contributed by atoms with Crippen LogP contribution in [0.25, 0.3) is 0 Å². The van der Waals surface area contributed by atoms with Crippen molar-refractivity contribution < 1.29 is 37.9 Å². The molecule has 0 fully saturated rings. The molecule has 15 heteroatoms. The molecular weight excluding hydrogens is 508 g/mol. The Morgan fingerprint density at radius 2 is 0.914 bits per heavy atom. The summed E-state index contributed by atoms with van der Waals surface area (Å²) in [6.07, 6.45) is 0. The molecule has 190 valence electrons. The van der Waals surface area contributed by atoms with Crippen molar-refractivity contribution in [3.8, 4) is 0 Å². The summed E-state index contributed by atoms with van der Waals surface area (Å²) in [5.41, 5.74) is 1.38. The van der Waals surface area contributed by atoms with Crippen molar-refractivity contribution in [1.82, 2.24) is 0 Å². The van der Waals surface area contributed by atoms with Gasteiger partial charge in [0.1, 0.15) is 11.4 Å². The number of hydrogen-bond acceptors (Lipinski definition) is 10. The molecule has 0 spiro atoms. The molecular formula is C20H24FeN6O8. The van der Waals surface area contributed by atoms with Gasteiger partial charge in [0.2, 0.25) is 0 Å². The maximum atomic E-state index is 10.7. The van der Waals surface area contributed by atoms with Gasteiger partial charge in [-0.25, -0.2) is 9.98 Å². The summed E-state index contributed by atoms with van der Waals surface area (Å²) in [5.74, 6) is 0. The van der Waals surface area contributed by atoms with Crippen molar-refractivity contribution in [3.05, 3.63) is 79.2 Å². The molecule has 0 bridgehead atoms. The number of para-hydroxylation sites is 4. The third kappa shape index (κ3) is 11.1. The monoisotopic (exact) mass is 532 g/mol. The molecule has 0 heterocycles. The van der Waals surface area contributed by atoms with Crippen LogP contribution >= 0.6 is 0 Å². The Morgan fingerprint density at radius 1 is 0.629 bits per heavy atom. The van der Waals surface area contributed by atoms with Crippen molar-refractivity contribution in [1.29, 1.82) is 0 Å². The average molecular weight is 532 g/mol. The zero-order valence-corrected chi connectivity index (χ0v) is 20.2. The predicted octanol–water partition coefficient (Wildman–Crippen LogP) is 3.64. The fourth-order valence-electron chi connectivity index (χ4n) is 2.08. The van der Waals surface area contributed by atoms with Gasteiger partial charge < -0.3 is 31.7 Å². The van der Waals surface area contributed by atoms with Gasteiger partial charge in [0.25, 0.3) is 11.4 Å². The van der Waals surface area contributed by atoms with Crippen LogP contribution in [0.4, 0.5) is 22.7 Å². The number of nitrogens with zero attached hydrogens (tertiary/aromatic N) is 6. The molecule has 0 aliphatic heterocycles. The summed E-state index contributed by atoms with van der Waals surface area (Å²) in [5, 5.41) is 47.3. The van der Waals surface area contributed by atoms with Gasteiger partial charge in [0.05, 0.1) is 21.3 Å². The van der Waals surface area contributed by atoms with E-state index >= 15 is 0 Å². The minimum atomic E-state index is -0.518. The summed E-state index contributed by atoms with van der Waals surface area (Å²) in [6.45, 7) is 6.15. The zero-order valence-electron chi connectivity index (χ0n) is 19.1. The van der Waals surface area contributed by atoms with Crippen molar-refractivity contribution in [2.45, 2.75) is 27.7 Å². The van der Waals surface area contributed by atoms with Gasteiger partial charge in [-0.1, -0.05) is 24.3 Å². The van der Waals surface area contributed by atoms with Crippen molar-refractivity contribution >= 4 is 45.6 Å². The molecule has 35 heavy (non-hydrogen) atoms. The Kier molecular flexibility index (Phi) is 17.7. The molecule has 0 saturated heterocycles. The smallest absolute Gasteiger partial charge is 0.792 e. The summed E-state index contributed by atoms with van der Waals surface area (Å²) < 4.78 is 0. The van der Waals surface area contributed by atoms with Gasteiger partial charge in [-0.3, -0.25) is 20.2 Å². The third-order valence-electron chi connectivity index (χ3n) is 4.05. The van der Waals surface area contributed by atoms with Gasteiger partial charge in [0.15, 0.2) is 0 Å². The van der Waals surface area contributed by atoms with Crippen molar-refractivity contribution in [3.63, 3.8) is 0 Å². The number of hydrogen-bond donors (Lipinski definition) is 0. The van der Waals surface area contributed by atoms with Crippen LogP contribution < -0.4 is 0 Å². The van der Waals surface area contributed by atoms with Gasteiger partial charge in [-0.2, -0.15) is 0 Å². The molecule has 0 amide bonds. The first-order valence-corrected chi connectivity index (χ1v) is 9.04. The SMILES string of the molecule is CC(=Nc1ccccc1[N+](=O)[O-])/C(C)=N\[O-].CC(=Nc1ccccc1[N+](=O)[O-])/C(C)=N\[O-].O.O.[Fe+2]. The standard InChI is InChI=1S/2C10H11N3O3.Fe.2H2O/c2*1-7(8(2)12-14)11-9-5-3-4-6-10(9)13(15)16;;;/h2*3-6,14H,1-2H3;;2*1H2/q;;+2;;/p-2/b2*11-7?,12-8-;;;. The second kappa shape index (κ2) is 17.4. The molecule has 0 aliphatic carbocycles. The maximum Gasteiger partial charge on any atom is 2.00 e. The van der Waals surface area contributed by atoms with Gasteiger partial charge in [-0.15, -0.1) is 0 Å². The minimum absolute atomic E-state index is 0. The molecule has 14 nitrogen and oxygen atoms in total. The first-order valence-electron chi connectivity index (χ1n) is 9.04. The Morgan fingerprint density at radius 3 is 1.17 bits per heavy atom. The normalized spacial score (nSPS) is 11.5. The minimum Gasteiger partial charge on any atom is -0.792 e. The van der Waals surface area contributed by atoms with E-state index in [4.69, 9.17) is 0 Å². The molecule has 0 radical (unpaired) electrons. The molecule has 0 aliphatic rings. The van der Waals surface area contributed by atoms with E-state index in [1.807, 2.05) is 0 Å². The van der Waals surface area contributed by atoms with Crippen LogP contribution in [0, 0.1) is 30.6 Å². The van der Waals surface area contributed by atoms with E-state index in [-0.39, 0.29) is 62.2 Å². The number of benzene rings is 2. The van der Waals surface area contributed by atoms with Crippen LogP contribution in [-0.4, -0.2) is 43.6 Å². The van der Waals surface area contributed by atoms with E-state index in [0.717, 1.165) is 0 Å². The average Bonchev–Trinajstić information content (AvgIpc) is 2.78. The molecule has 0 atom stereocenters. The molecule has 2 aromatic rings. The number of rotatable bonds is 6. The van der Waals surface area contributed by atoms with Crippen molar-refractivity contribution in [2.75, 3.05) is 0 Å². The van der Waals surface area contributed by atoms with Crippen LogP contribution in [0.3, 0.4) is 0 Å². The molecule has 0 unspecified atom stereocenters. The maximum absolute atomic E-state index is 10.7. The topological polar surface area (TPSA) is 245 Å². The summed E-state index contributed by atoms with van der Waals surface area (Å²) >= 11 is 0. The van der Waals surface area contributed by atoms with E-state index in [1.165, 1.54) is 38.1 Å². The van der Waals surface area contributed by atoms with E-state index < -0.39 is 9.85 Å². The van der Waals surface area contributed by atoms with Crippen LogP contribution in [0.15, 0.2) is 68.8 Å². The zero-order chi connectivity index (χ0) is 24.3. The van der Waals surface area contributed by atoms with E-state index in [9.17, 15) is 30.6 Å². The summed E-state index contributed by atoms with van der Waals surface area (Å²) in [7, 11) is 0. The van der Waals surface area contributed by atoms with Gasteiger partial charge in [0, 0.05) is 23.6 Å². The molecule has 0 saturated carbocycles. The van der Waals surface area contributed by atoms with E-state index in [2.05, 4.69) is 20.3 Å². The fraction of sp³-hybridized carbons (Fsp3) is 0.200. The second-order valence-electron chi connectivity index (χ2n) is 6.24. The number of aliphatic imine (C=N–C) groups is 2. The van der Waals surface area contributed by atoms with Crippen LogP contribution in [-0.2, 0) is 17.1 Å². The molecule has 4 N–H and O–H groups in total. The van der Waals surface area contributed by atoms with Gasteiger partial charge in [-0.05, 0) is 39.8 Å². The Balaban J connectivity index is -0.000000539. The first-order chi connectivity index (χ1) is 15.1. The Bertz CT molecular complexity index is 1030. The van der Waals surface area contributed by atoms with Crippen LogP contribution in [0.2, 0.25) is 0 Å². The molecule has 2 rings (SSSR count). The van der Waals surface area contributed by atoms with Crippen LogP contribution in [0.5, 0.6) is 0 Å². The van der Waals surface area contributed by atoms with E-state index in [0.29, 0.717) is 11.4 Å². The number of nitro benzene ring substituents is 2. The predicted molar refractivity (Wildman–Crippen MR) is 132 cm³/mol. The molecule has 0 aromatic heterocycles. The summed E-state index contributed by atoms with van der Waals surface area (Å²) in [4.78, 5) is 28.3. The summed E-state index contributed by atoms with van der Waals surface area (Å²) in [6, 6.07) is 12.1. The third-order valence-corrected chi connectivity index (χ3v) is 4.05. The second-order valence-corrected chi connectivity index (χ2v) is 6.24. The first kappa shape index (κ1) is 35.5. The fourth-order valence-corrected chi connectivity index (χ4v) is 2.08. The van der Waals surface area contributed by atoms with Crippen molar-refractivity contribution in [2.24, 2.45) is 20.3 Å². The van der Waals surface area contributed by atoms with Gasteiger partial charge >= 0.3 is 17.1 Å². The van der Waals surface area contributed by atoms with E-state index in [1.54, 1.807) is 38.1 Å². The van der Waals surface area contributed by atoms with Crippen LogP contribution in [0.1, 0.15) is 27.7 Å². The largest absolute Gasteiger partial charge is 2.00 e. The quantitative estimate of drug-likeness (QED) is 0.232. The number of nitro groups is 2. The molecule has 2 aromatic carbocycles. The Labute approximate surface area is 210 Å². The Hall–Kier alpha value is -4.04.